The molecule has 0 radical (unpaired) electrons. The Labute approximate surface area is 142 Å². The predicted molar refractivity (Wildman–Crippen MR) is 75.6 cm³/mol. The van der Waals surface area contributed by atoms with Crippen LogP contribution in [0, 0.1) is 20.0 Å². The van der Waals surface area contributed by atoms with Crippen molar-refractivity contribution in [3.8, 4) is 0 Å². The third-order valence-electron chi connectivity index (χ3n) is 2.36. The fraction of sp³-hybridized carbons (Fsp3) is 0.294. The summed E-state index contributed by atoms with van der Waals surface area (Å²) in [6.07, 6.45) is 6.25. The third-order valence-corrected chi connectivity index (χ3v) is 2.36. The number of carbonyl (C=O) groups excluding carboxylic acids is 1. The number of hydrogen-bond donors (Lipinski definition) is 0. The Hall–Kier alpha value is -1.62. The quantitative estimate of drug-likeness (QED) is 0.325. The number of ketones is 1. The Morgan fingerprint density at radius 2 is 1.50 bits per heavy atom. The number of allylic oxidation sites excluding steroid dienone is 1. The second-order valence-electron chi connectivity index (χ2n) is 3.74. The molecule has 0 atom stereocenters. The molecule has 116 valence electrons. The molecule has 1 aromatic rings. The molecule has 0 saturated heterocycles. The van der Waals surface area contributed by atoms with Gasteiger partial charge in [0.05, 0.1) is 0 Å². The molecule has 0 aromatic heterocycles. The Bertz CT molecular complexity index is 407. The topological polar surface area (TPSA) is 76.8 Å². The van der Waals surface area contributed by atoms with Crippen LogP contribution in [0.2, 0.25) is 0 Å². The Balaban J connectivity index is -0.000000206. The first-order chi connectivity index (χ1) is 10.3. The first-order valence-electron chi connectivity index (χ1n) is 6.10. The van der Waals surface area contributed by atoms with Crippen molar-refractivity contribution in [3.63, 3.8) is 0 Å². The molecular formula is C17H18CrO4. The molecule has 1 aromatic carbocycles. The van der Waals surface area contributed by atoms with E-state index < -0.39 is 0 Å². The standard InChI is InChI=1S/C14H18O.3CO.Cr/c1-2-3-4-8-11-14(15)12-13-9-6-5-7-10-13;3*1-2;/h2,5-7,9-10H,1,3-4,8,11-12H2;;;;. The normalized spacial score (nSPS) is 7.00. The molecule has 0 bridgehead atoms. The van der Waals surface area contributed by atoms with Crippen LogP contribution in [0.1, 0.15) is 31.2 Å². The summed E-state index contributed by atoms with van der Waals surface area (Å²) >= 11 is 0. The number of benzene rings is 1. The van der Waals surface area contributed by atoms with Gasteiger partial charge in [0, 0.05) is 30.2 Å². The van der Waals surface area contributed by atoms with E-state index in [-0.39, 0.29) is 17.4 Å². The minimum atomic E-state index is 0. The van der Waals surface area contributed by atoms with Gasteiger partial charge in [0.1, 0.15) is 5.78 Å². The molecule has 0 heterocycles. The van der Waals surface area contributed by atoms with Crippen molar-refractivity contribution in [2.24, 2.45) is 0 Å². The van der Waals surface area contributed by atoms with Gasteiger partial charge >= 0.3 is 33.9 Å². The SMILES string of the molecule is C=CCCCCC(=O)Cc1ccccc1.[C-]#[O+].[C-]#[O+].[C-]#[O+].[Cr]. The van der Waals surface area contributed by atoms with Crippen molar-refractivity contribution in [2.75, 3.05) is 0 Å². The van der Waals surface area contributed by atoms with Gasteiger partial charge in [-0.25, -0.2) is 0 Å². The molecular weight excluding hydrogens is 320 g/mol. The van der Waals surface area contributed by atoms with Gasteiger partial charge in [-0.15, -0.1) is 6.58 Å². The Kier molecular flexibility index (Phi) is 35.9. The smallest absolute Gasteiger partial charge is 0 e. The van der Waals surface area contributed by atoms with E-state index in [9.17, 15) is 4.79 Å². The minimum Gasteiger partial charge on any atom is 0 e. The summed E-state index contributed by atoms with van der Waals surface area (Å²) in [6.45, 7) is 17.2. The minimum absolute atomic E-state index is 0. The van der Waals surface area contributed by atoms with Gasteiger partial charge in [-0.3, -0.25) is 4.79 Å². The molecule has 0 aliphatic carbocycles. The third kappa shape index (κ3) is 20.7. The van der Waals surface area contributed by atoms with E-state index in [1.165, 1.54) is 0 Å². The predicted octanol–water partition coefficient (Wildman–Crippen LogP) is 3.43. The van der Waals surface area contributed by atoms with Gasteiger partial charge in [-0.1, -0.05) is 36.4 Å². The summed E-state index contributed by atoms with van der Waals surface area (Å²) in [5.41, 5.74) is 1.12. The maximum Gasteiger partial charge on any atom is 0 e. The summed E-state index contributed by atoms with van der Waals surface area (Å²) in [5.74, 6) is 0.338. The van der Waals surface area contributed by atoms with Crippen LogP contribution in [0.4, 0.5) is 0 Å². The number of Topliss-reactive ketones (excluding diaryl/α,β-unsaturated/α-hetero) is 1. The zero-order chi connectivity index (χ0) is 16.9. The first kappa shape index (κ1) is 28.5. The second kappa shape index (κ2) is 27.7. The van der Waals surface area contributed by atoms with Crippen molar-refractivity contribution in [1.29, 1.82) is 0 Å². The van der Waals surface area contributed by atoms with Crippen LogP contribution in [0.15, 0.2) is 43.0 Å². The van der Waals surface area contributed by atoms with Crippen LogP contribution in [0.5, 0.6) is 0 Å². The van der Waals surface area contributed by atoms with Crippen molar-refractivity contribution in [3.05, 3.63) is 68.5 Å². The summed E-state index contributed by atoms with van der Waals surface area (Å²) in [5, 5.41) is 0. The van der Waals surface area contributed by atoms with Gasteiger partial charge in [-0.2, -0.15) is 0 Å². The van der Waals surface area contributed by atoms with Crippen LogP contribution in [-0.4, -0.2) is 5.78 Å². The zero-order valence-electron chi connectivity index (χ0n) is 12.2. The van der Waals surface area contributed by atoms with E-state index in [4.69, 9.17) is 14.0 Å². The van der Waals surface area contributed by atoms with Crippen molar-refractivity contribution >= 4 is 5.78 Å². The molecule has 4 nitrogen and oxygen atoms in total. The van der Waals surface area contributed by atoms with E-state index in [2.05, 4.69) is 26.5 Å². The van der Waals surface area contributed by atoms with Gasteiger partial charge in [0.2, 0.25) is 0 Å². The van der Waals surface area contributed by atoms with Crippen LogP contribution in [0.3, 0.4) is 0 Å². The fourth-order valence-electron chi connectivity index (χ4n) is 1.52. The summed E-state index contributed by atoms with van der Waals surface area (Å²) in [7, 11) is 0. The van der Waals surface area contributed by atoms with Gasteiger partial charge < -0.3 is 0 Å². The molecule has 0 spiro atoms. The van der Waals surface area contributed by atoms with E-state index in [0.717, 1.165) is 24.8 Å². The molecule has 0 unspecified atom stereocenters. The van der Waals surface area contributed by atoms with Gasteiger partial charge in [0.25, 0.3) is 0 Å². The number of carbonyl (C=O) groups is 1. The number of unbranched alkanes of at least 4 members (excludes halogenated alkanes) is 2. The van der Waals surface area contributed by atoms with Crippen LogP contribution < -0.4 is 0 Å². The van der Waals surface area contributed by atoms with E-state index in [0.29, 0.717) is 18.6 Å². The Morgan fingerprint density at radius 1 is 1.00 bits per heavy atom. The van der Waals surface area contributed by atoms with E-state index in [1.54, 1.807) is 0 Å². The van der Waals surface area contributed by atoms with E-state index >= 15 is 0 Å². The maximum absolute atomic E-state index is 11.5. The molecule has 5 heteroatoms. The number of rotatable bonds is 7. The molecule has 0 fully saturated rings. The monoisotopic (exact) mass is 338 g/mol. The molecule has 0 aliphatic heterocycles. The van der Waals surface area contributed by atoms with Crippen molar-refractivity contribution in [1.82, 2.24) is 0 Å². The van der Waals surface area contributed by atoms with Crippen molar-refractivity contribution in [2.45, 2.75) is 32.1 Å². The second-order valence-corrected chi connectivity index (χ2v) is 3.74. The summed E-state index contributed by atoms with van der Waals surface area (Å²) < 4.78 is 22.5. The van der Waals surface area contributed by atoms with E-state index in [1.807, 2.05) is 36.4 Å². The molecule has 0 saturated carbocycles. The maximum atomic E-state index is 11.5. The Morgan fingerprint density at radius 3 is 1.95 bits per heavy atom. The van der Waals surface area contributed by atoms with Crippen LogP contribution in [0.25, 0.3) is 0 Å². The largest absolute Gasteiger partial charge is 0 e. The summed E-state index contributed by atoms with van der Waals surface area (Å²) in [6, 6.07) is 9.92. The average molecular weight is 338 g/mol. The molecule has 1 rings (SSSR count). The zero-order valence-corrected chi connectivity index (χ0v) is 13.5. The number of hydrogen-bond acceptors (Lipinski definition) is 1. The first-order valence-corrected chi connectivity index (χ1v) is 6.10. The fourth-order valence-corrected chi connectivity index (χ4v) is 1.52. The van der Waals surface area contributed by atoms with Gasteiger partial charge in [0.15, 0.2) is 0 Å². The molecule has 0 aliphatic rings. The summed E-state index contributed by atoms with van der Waals surface area (Å²) in [4.78, 5) is 11.5. The van der Waals surface area contributed by atoms with Crippen LogP contribution in [-0.2, 0) is 42.5 Å². The molecule has 0 amide bonds. The molecule has 0 N–H and O–H groups in total. The van der Waals surface area contributed by atoms with Crippen molar-refractivity contribution < 1.29 is 36.1 Å². The van der Waals surface area contributed by atoms with Gasteiger partial charge in [-0.05, 0) is 24.8 Å². The van der Waals surface area contributed by atoms with Crippen LogP contribution >= 0.6 is 0 Å². The molecule has 22 heavy (non-hydrogen) atoms. The average Bonchev–Trinajstić information content (AvgIpc) is 2.58.